The molecule has 0 spiro atoms. The van der Waals surface area contributed by atoms with Crippen LogP contribution in [0.4, 0.5) is 11.4 Å². The van der Waals surface area contributed by atoms with E-state index in [1.807, 2.05) is 0 Å². The summed E-state index contributed by atoms with van der Waals surface area (Å²) in [6.07, 6.45) is 0.597. The van der Waals surface area contributed by atoms with Crippen LogP contribution >= 0.6 is 0 Å². The normalized spacial score (nSPS) is 23.3. The van der Waals surface area contributed by atoms with Crippen molar-refractivity contribution in [2.24, 2.45) is 0 Å². The van der Waals surface area contributed by atoms with E-state index in [1.165, 1.54) is 0 Å². The highest BCUT2D eigenvalue weighted by Gasteiger charge is 2.43. The molecule has 0 radical (unpaired) electrons. The van der Waals surface area contributed by atoms with Crippen LogP contribution in [0, 0.1) is 0 Å². The van der Waals surface area contributed by atoms with Crippen molar-refractivity contribution in [2.45, 2.75) is 18.4 Å². The van der Waals surface area contributed by atoms with Crippen LogP contribution in [0.5, 0.6) is 17.2 Å². The molecule has 1 aliphatic rings. The van der Waals surface area contributed by atoms with Gasteiger partial charge in [-0.3, -0.25) is 0 Å². The van der Waals surface area contributed by atoms with Crippen LogP contribution in [0.3, 0.4) is 0 Å². The Morgan fingerprint density at radius 1 is 1.06 bits per heavy atom. The molecule has 0 unspecified atom stereocenters. The van der Waals surface area contributed by atoms with Gasteiger partial charge in [0.2, 0.25) is 0 Å². The Morgan fingerprint density at radius 2 is 1.62 bits per heavy atom. The lowest BCUT2D eigenvalue weighted by Crippen LogP contribution is -2.00. The van der Waals surface area contributed by atoms with Gasteiger partial charge < -0.3 is 31.5 Å². The average Bonchev–Trinajstić information content (AvgIpc) is 3.03. The Labute approximate surface area is 92.1 Å². The number of phenols is 3. The molecule has 2 atom stereocenters. The van der Waals surface area contributed by atoms with E-state index >= 15 is 0 Å². The molecule has 0 amide bonds. The molecule has 6 heteroatoms. The van der Waals surface area contributed by atoms with Crippen LogP contribution in [0.25, 0.3) is 0 Å². The summed E-state index contributed by atoms with van der Waals surface area (Å²) in [5.74, 6) is -1.35. The summed E-state index contributed by atoms with van der Waals surface area (Å²) in [7, 11) is 1.54. The van der Waals surface area contributed by atoms with E-state index in [9.17, 15) is 15.3 Å². The standard InChI is InChI=1S/C10H14N2O4/c1-16-4-2-3(4)5-8(13)6(11)7(12)10(15)9(5)14/h3-4,13-15H,2,11-12H2,1H3/t3-,4+/m1/s1. The van der Waals surface area contributed by atoms with Crippen molar-refractivity contribution in [1.82, 2.24) is 0 Å². The molecule has 2 rings (SSSR count). The largest absolute Gasteiger partial charge is 0.505 e. The number of hydrogen-bond acceptors (Lipinski definition) is 6. The molecule has 6 nitrogen and oxygen atoms in total. The Balaban J connectivity index is 2.54. The zero-order valence-electron chi connectivity index (χ0n) is 8.77. The molecule has 1 saturated carbocycles. The Morgan fingerprint density at radius 3 is 2.12 bits per heavy atom. The summed E-state index contributed by atoms with van der Waals surface area (Å²) in [5.41, 5.74) is 10.8. The predicted molar refractivity (Wildman–Crippen MR) is 58.4 cm³/mol. The molecule has 0 saturated heterocycles. The van der Waals surface area contributed by atoms with Crippen LogP contribution in [-0.4, -0.2) is 28.5 Å². The number of methoxy groups -OCH3 is 1. The van der Waals surface area contributed by atoms with E-state index in [4.69, 9.17) is 16.2 Å². The minimum atomic E-state index is -0.493. The first-order valence-corrected chi connectivity index (χ1v) is 4.83. The summed E-state index contributed by atoms with van der Waals surface area (Å²) < 4.78 is 5.07. The van der Waals surface area contributed by atoms with Gasteiger partial charge in [0.05, 0.1) is 6.10 Å². The monoisotopic (exact) mass is 226 g/mol. The molecule has 1 aromatic rings. The molecular formula is C10H14N2O4. The molecule has 1 fully saturated rings. The van der Waals surface area contributed by atoms with Crippen molar-refractivity contribution >= 4 is 11.4 Å². The second-order valence-electron chi connectivity index (χ2n) is 3.90. The number of hydrogen-bond donors (Lipinski definition) is 5. The lowest BCUT2D eigenvalue weighted by molar-refractivity contribution is 0.177. The highest BCUT2D eigenvalue weighted by molar-refractivity contribution is 5.83. The first kappa shape index (κ1) is 10.7. The van der Waals surface area contributed by atoms with Crippen molar-refractivity contribution in [3.63, 3.8) is 0 Å². The predicted octanol–water partition coefficient (Wildman–Crippen LogP) is 0.470. The van der Waals surface area contributed by atoms with Crippen molar-refractivity contribution < 1.29 is 20.1 Å². The van der Waals surface area contributed by atoms with Gasteiger partial charge in [-0.2, -0.15) is 0 Å². The average molecular weight is 226 g/mol. The van der Waals surface area contributed by atoms with Crippen molar-refractivity contribution in [2.75, 3.05) is 18.6 Å². The van der Waals surface area contributed by atoms with Crippen molar-refractivity contribution in [3.05, 3.63) is 5.56 Å². The summed E-state index contributed by atoms with van der Waals surface area (Å²) in [4.78, 5) is 0. The number of anilines is 2. The Hall–Kier alpha value is -1.82. The van der Waals surface area contributed by atoms with Crippen LogP contribution in [0.15, 0.2) is 0 Å². The third-order valence-electron chi connectivity index (χ3n) is 2.94. The molecule has 0 aliphatic heterocycles. The SMILES string of the molecule is CO[C@H]1C[C@H]1c1c(O)c(N)c(N)c(O)c1O. The molecular weight excluding hydrogens is 212 g/mol. The first-order chi connectivity index (χ1) is 7.49. The van der Waals surface area contributed by atoms with Gasteiger partial charge in [-0.25, -0.2) is 0 Å². The second-order valence-corrected chi connectivity index (χ2v) is 3.90. The number of rotatable bonds is 2. The van der Waals surface area contributed by atoms with E-state index in [-0.39, 0.29) is 34.7 Å². The molecule has 88 valence electrons. The van der Waals surface area contributed by atoms with Crippen LogP contribution in [0.1, 0.15) is 17.9 Å². The van der Waals surface area contributed by atoms with E-state index in [0.717, 1.165) is 0 Å². The first-order valence-electron chi connectivity index (χ1n) is 4.83. The van der Waals surface area contributed by atoms with E-state index in [2.05, 4.69) is 0 Å². The van der Waals surface area contributed by atoms with Crippen LogP contribution in [0.2, 0.25) is 0 Å². The van der Waals surface area contributed by atoms with Crippen LogP contribution < -0.4 is 11.5 Å². The lowest BCUT2D eigenvalue weighted by atomic mass is 10.0. The topological polar surface area (TPSA) is 122 Å². The lowest BCUT2D eigenvalue weighted by Gasteiger charge is -2.13. The highest BCUT2D eigenvalue weighted by atomic mass is 16.5. The molecule has 16 heavy (non-hydrogen) atoms. The number of aromatic hydroxyl groups is 3. The highest BCUT2D eigenvalue weighted by Crippen LogP contribution is 2.56. The summed E-state index contributed by atoms with van der Waals surface area (Å²) in [5, 5.41) is 29.0. The molecule has 1 aliphatic carbocycles. The van der Waals surface area contributed by atoms with Crippen LogP contribution in [-0.2, 0) is 4.74 Å². The molecule has 0 bridgehead atoms. The van der Waals surface area contributed by atoms with Gasteiger partial charge >= 0.3 is 0 Å². The van der Waals surface area contributed by atoms with E-state index in [1.54, 1.807) is 7.11 Å². The van der Waals surface area contributed by atoms with E-state index < -0.39 is 11.5 Å². The number of phenolic OH excluding ortho intramolecular Hbond substituents is 3. The zero-order chi connectivity index (χ0) is 12.0. The minimum Gasteiger partial charge on any atom is -0.505 e. The maximum atomic E-state index is 9.78. The summed E-state index contributed by atoms with van der Waals surface area (Å²) >= 11 is 0. The van der Waals surface area contributed by atoms with Gasteiger partial charge in [0.1, 0.15) is 17.1 Å². The molecule has 1 aromatic carbocycles. The number of nitrogen functional groups attached to an aromatic ring is 2. The third kappa shape index (κ3) is 1.30. The Bertz CT molecular complexity index is 418. The van der Waals surface area contributed by atoms with Gasteiger partial charge in [-0.05, 0) is 6.42 Å². The van der Waals surface area contributed by atoms with Gasteiger partial charge in [0.15, 0.2) is 11.5 Å². The third-order valence-corrected chi connectivity index (χ3v) is 2.94. The number of nitrogens with two attached hydrogens (primary N) is 2. The smallest absolute Gasteiger partial charge is 0.183 e. The molecule has 0 heterocycles. The van der Waals surface area contributed by atoms with Crippen molar-refractivity contribution in [3.8, 4) is 17.2 Å². The quantitative estimate of drug-likeness (QED) is 0.284. The van der Waals surface area contributed by atoms with E-state index in [0.29, 0.717) is 6.42 Å². The fraction of sp³-hybridized carbons (Fsp3) is 0.400. The maximum absolute atomic E-state index is 9.78. The fourth-order valence-electron chi connectivity index (χ4n) is 1.85. The zero-order valence-corrected chi connectivity index (χ0v) is 8.77. The van der Waals surface area contributed by atoms with Gasteiger partial charge in [-0.1, -0.05) is 0 Å². The minimum absolute atomic E-state index is 0.0702. The second kappa shape index (κ2) is 3.34. The van der Waals surface area contributed by atoms with Gasteiger partial charge in [0.25, 0.3) is 0 Å². The number of ether oxygens (including phenoxy) is 1. The van der Waals surface area contributed by atoms with Gasteiger partial charge in [0, 0.05) is 18.6 Å². The summed E-state index contributed by atoms with van der Waals surface area (Å²) in [6.45, 7) is 0. The van der Waals surface area contributed by atoms with Crippen molar-refractivity contribution in [1.29, 1.82) is 0 Å². The molecule has 7 N–H and O–H groups in total. The summed E-state index contributed by atoms with van der Waals surface area (Å²) in [6, 6.07) is 0. The Kier molecular flexibility index (Phi) is 2.23. The maximum Gasteiger partial charge on any atom is 0.183 e. The fourth-order valence-corrected chi connectivity index (χ4v) is 1.85. The molecule has 0 aromatic heterocycles. The number of benzene rings is 1. The van der Waals surface area contributed by atoms with Gasteiger partial charge in [-0.15, -0.1) is 0 Å².